The summed E-state index contributed by atoms with van der Waals surface area (Å²) in [5.74, 6) is 1.44. The molecular weight excluding hydrogens is 440 g/mol. The van der Waals surface area contributed by atoms with E-state index in [0.29, 0.717) is 21.9 Å². The van der Waals surface area contributed by atoms with Crippen molar-refractivity contribution >= 4 is 67.1 Å². The van der Waals surface area contributed by atoms with Crippen LogP contribution in [-0.4, -0.2) is 45.8 Å². The van der Waals surface area contributed by atoms with E-state index < -0.39 is 0 Å². The van der Waals surface area contributed by atoms with Gasteiger partial charge in [0.25, 0.3) is 5.78 Å². The van der Waals surface area contributed by atoms with E-state index in [1.807, 2.05) is 16.7 Å². The number of nitrogens with zero attached hydrogens (tertiary/aromatic N) is 7. The fourth-order valence-corrected chi connectivity index (χ4v) is 6.62. The first-order chi connectivity index (χ1) is 14.7. The lowest BCUT2D eigenvalue weighted by atomic mass is 9.97. The van der Waals surface area contributed by atoms with Gasteiger partial charge in [-0.05, 0) is 38.2 Å². The first-order valence-corrected chi connectivity index (χ1v) is 12.2. The molecule has 12 heteroatoms. The maximum atomic E-state index is 12.3. The first kappa shape index (κ1) is 18.2. The summed E-state index contributed by atoms with van der Waals surface area (Å²) in [6.45, 7) is 1.89. The van der Waals surface area contributed by atoms with Crippen LogP contribution < -0.4 is 5.32 Å². The highest BCUT2D eigenvalue weighted by Gasteiger charge is 2.25. The lowest BCUT2D eigenvalue weighted by Gasteiger charge is -2.10. The van der Waals surface area contributed by atoms with E-state index in [2.05, 4.69) is 25.6 Å². The van der Waals surface area contributed by atoms with Crippen molar-refractivity contribution in [2.45, 2.75) is 37.8 Å². The van der Waals surface area contributed by atoms with Crippen molar-refractivity contribution < 1.29 is 4.79 Å². The van der Waals surface area contributed by atoms with Crippen LogP contribution in [0.3, 0.4) is 0 Å². The van der Waals surface area contributed by atoms with Crippen LogP contribution in [0.15, 0.2) is 16.7 Å². The van der Waals surface area contributed by atoms with Gasteiger partial charge in [-0.25, -0.2) is 14.4 Å². The number of thiazole rings is 1. The third-order valence-electron chi connectivity index (χ3n) is 5.11. The van der Waals surface area contributed by atoms with Gasteiger partial charge in [-0.2, -0.15) is 4.52 Å². The highest BCUT2D eigenvalue weighted by atomic mass is 32.2. The molecule has 5 aromatic heterocycles. The highest BCUT2D eigenvalue weighted by Crippen LogP contribution is 2.39. The number of hydrogen-bond acceptors (Lipinski definition) is 9. The van der Waals surface area contributed by atoms with Gasteiger partial charge in [-0.1, -0.05) is 11.8 Å². The van der Waals surface area contributed by atoms with Gasteiger partial charge in [0.1, 0.15) is 10.7 Å². The quantitative estimate of drug-likeness (QED) is 0.414. The minimum atomic E-state index is -0.119. The molecule has 0 atom stereocenters. The van der Waals surface area contributed by atoms with Crippen molar-refractivity contribution in [1.29, 1.82) is 0 Å². The molecule has 152 valence electrons. The summed E-state index contributed by atoms with van der Waals surface area (Å²) >= 11 is 4.55. The maximum absolute atomic E-state index is 12.3. The van der Waals surface area contributed by atoms with Crippen LogP contribution >= 0.6 is 34.4 Å². The number of rotatable bonds is 4. The van der Waals surface area contributed by atoms with Crippen molar-refractivity contribution in [3.63, 3.8) is 0 Å². The van der Waals surface area contributed by atoms with Gasteiger partial charge in [0, 0.05) is 16.5 Å². The number of amides is 1. The summed E-state index contributed by atoms with van der Waals surface area (Å²) in [6, 6.07) is 0. The molecule has 5 aromatic rings. The summed E-state index contributed by atoms with van der Waals surface area (Å²) in [7, 11) is 0. The normalized spacial score (nSPS) is 14.0. The van der Waals surface area contributed by atoms with Crippen LogP contribution in [0.25, 0.3) is 21.6 Å². The molecule has 0 aromatic carbocycles. The smallest absolute Gasteiger partial charge is 0.260 e. The van der Waals surface area contributed by atoms with E-state index in [4.69, 9.17) is 4.98 Å². The molecule has 0 saturated heterocycles. The lowest BCUT2D eigenvalue weighted by molar-refractivity contribution is -0.113. The molecule has 30 heavy (non-hydrogen) atoms. The Morgan fingerprint density at radius 2 is 2.20 bits per heavy atom. The molecule has 1 amide bonds. The maximum Gasteiger partial charge on any atom is 0.260 e. The van der Waals surface area contributed by atoms with Crippen molar-refractivity contribution in [2.24, 2.45) is 0 Å². The average molecular weight is 457 g/mol. The first-order valence-electron chi connectivity index (χ1n) is 9.56. The average Bonchev–Trinajstić information content (AvgIpc) is 3.50. The van der Waals surface area contributed by atoms with Crippen LogP contribution in [0.4, 0.5) is 5.13 Å². The van der Waals surface area contributed by atoms with Crippen LogP contribution in [0.1, 0.15) is 29.1 Å². The van der Waals surface area contributed by atoms with Gasteiger partial charge in [0.05, 0.1) is 11.1 Å². The Morgan fingerprint density at radius 3 is 3.07 bits per heavy atom. The minimum Gasteiger partial charge on any atom is -0.301 e. The standard InChI is InChI=1S/C18H16N8OS3/c1-9-20-14-13-10-4-2-3-5-11(10)30-15(13)25-17(26(14)24-9)22-23-18(25)29-8-12(27)21-16-19-6-7-28-16/h6-7H,2-5,8H2,1H3,(H,19,21,27). The Bertz CT molecular complexity index is 1410. The molecular formula is C18H16N8OS3. The minimum absolute atomic E-state index is 0.119. The summed E-state index contributed by atoms with van der Waals surface area (Å²) in [6.07, 6.45) is 6.22. The second-order valence-corrected chi connectivity index (χ2v) is 10.00. The molecule has 5 heterocycles. The topological polar surface area (TPSA) is 102 Å². The van der Waals surface area contributed by atoms with Gasteiger partial charge in [-0.15, -0.1) is 38.0 Å². The molecule has 9 nitrogen and oxygen atoms in total. The largest absolute Gasteiger partial charge is 0.301 e. The Kier molecular flexibility index (Phi) is 4.25. The van der Waals surface area contributed by atoms with E-state index in [0.717, 1.165) is 28.7 Å². The van der Waals surface area contributed by atoms with Crippen LogP contribution in [0, 0.1) is 6.92 Å². The third-order valence-corrected chi connectivity index (χ3v) is 8.00. The zero-order valence-corrected chi connectivity index (χ0v) is 18.4. The molecule has 0 bridgehead atoms. The number of carbonyl (C=O) groups is 1. The number of thioether (sulfide) groups is 1. The predicted molar refractivity (Wildman–Crippen MR) is 118 cm³/mol. The Balaban J connectivity index is 1.47. The molecule has 0 saturated carbocycles. The van der Waals surface area contributed by atoms with E-state index in [1.54, 1.807) is 22.0 Å². The third kappa shape index (κ3) is 2.81. The second kappa shape index (κ2) is 7.00. The zero-order chi connectivity index (χ0) is 20.2. The Labute approximate surface area is 182 Å². The van der Waals surface area contributed by atoms with Crippen LogP contribution in [-0.2, 0) is 17.6 Å². The number of aromatic nitrogens is 7. The van der Waals surface area contributed by atoms with Crippen molar-refractivity contribution in [3.8, 4) is 0 Å². The summed E-state index contributed by atoms with van der Waals surface area (Å²) in [5, 5.41) is 20.4. The van der Waals surface area contributed by atoms with Gasteiger partial charge in [0.2, 0.25) is 5.91 Å². The Morgan fingerprint density at radius 1 is 1.30 bits per heavy atom. The number of thiophene rings is 1. The van der Waals surface area contributed by atoms with Gasteiger partial charge in [-0.3, -0.25) is 4.79 Å². The number of aryl methyl sites for hydroxylation is 3. The number of fused-ring (bicyclic) bond motifs is 8. The van der Waals surface area contributed by atoms with Crippen LogP contribution in [0.5, 0.6) is 0 Å². The lowest BCUT2D eigenvalue weighted by Crippen LogP contribution is -2.14. The van der Waals surface area contributed by atoms with E-state index in [-0.39, 0.29) is 11.7 Å². The van der Waals surface area contributed by atoms with E-state index in [1.165, 1.54) is 46.4 Å². The predicted octanol–water partition coefficient (Wildman–Crippen LogP) is 3.36. The fraction of sp³-hybridized carbons (Fsp3) is 0.333. The number of nitrogens with one attached hydrogen (secondary N) is 1. The van der Waals surface area contributed by atoms with Gasteiger partial charge >= 0.3 is 0 Å². The molecule has 1 N–H and O–H groups in total. The number of anilines is 1. The summed E-state index contributed by atoms with van der Waals surface area (Å²) in [4.78, 5) is 23.6. The highest BCUT2D eigenvalue weighted by molar-refractivity contribution is 7.99. The molecule has 1 aliphatic rings. The fourth-order valence-electron chi connectivity index (χ4n) is 3.90. The van der Waals surface area contributed by atoms with Gasteiger partial charge in [0.15, 0.2) is 15.9 Å². The van der Waals surface area contributed by atoms with Crippen molar-refractivity contribution in [1.82, 2.24) is 34.2 Å². The molecule has 0 aliphatic heterocycles. The number of hydrogen-bond donors (Lipinski definition) is 1. The Hall–Kier alpha value is -2.57. The molecule has 0 radical (unpaired) electrons. The summed E-state index contributed by atoms with van der Waals surface area (Å²) in [5.41, 5.74) is 2.23. The molecule has 0 fully saturated rings. The zero-order valence-electron chi connectivity index (χ0n) is 16.0. The monoisotopic (exact) mass is 456 g/mol. The van der Waals surface area contributed by atoms with Gasteiger partial charge < -0.3 is 5.32 Å². The number of carbonyl (C=O) groups excluding carboxylic acids is 1. The molecule has 1 aliphatic carbocycles. The van der Waals surface area contributed by atoms with Crippen LogP contribution in [0.2, 0.25) is 0 Å². The molecule has 0 spiro atoms. The summed E-state index contributed by atoms with van der Waals surface area (Å²) < 4.78 is 3.81. The van der Waals surface area contributed by atoms with Crippen molar-refractivity contribution in [2.75, 3.05) is 11.1 Å². The molecule has 6 rings (SSSR count). The molecule has 0 unspecified atom stereocenters. The van der Waals surface area contributed by atoms with E-state index in [9.17, 15) is 4.79 Å². The van der Waals surface area contributed by atoms with Crippen molar-refractivity contribution in [3.05, 3.63) is 27.8 Å². The van der Waals surface area contributed by atoms with E-state index >= 15 is 0 Å². The SMILES string of the molecule is Cc1nc2c3c4c(sc3n3c(SCC(=O)Nc5nccs5)nnc3n2n1)CCCC4. The second-order valence-electron chi connectivity index (χ2n) is 7.08.